The molecule has 0 rings (SSSR count). The van der Waals surface area contributed by atoms with Gasteiger partial charge >= 0.3 is 19.8 Å². The highest BCUT2D eigenvalue weighted by atomic mass is 31.2. The molecule has 0 fully saturated rings. The highest BCUT2D eigenvalue weighted by molar-refractivity contribution is 7.47. The monoisotopic (exact) mass is 1260 g/mol. The number of carbonyl (C=O) groups is 2. The fourth-order valence-corrected chi connectivity index (χ4v) is 12.3. The van der Waals surface area contributed by atoms with E-state index in [0.29, 0.717) is 6.42 Å². The van der Waals surface area contributed by atoms with E-state index in [9.17, 15) is 19.0 Å². The molecule has 0 aliphatic rings. The van der Waals surface area contributed by atoms with Crippen LogP contribution in [0.2, 0.25) is 0 Å². The zero-order chi connectivity index (χ0) is 63.7. The molecule has 0 aliphatic carbocycles. The fraction of sp³-hybridized carbons (Fsp3) is 0.846. The number of hydrogen-bond acceptors (Lipinski definition) is 8. The van der Waals surface area contributed by atoms with Gasteiger partial charge in [0.2, 0.25) is 0 Å². The van der Waals surface area contributed by atoms with Crippen LogP contribution in [0.15, 0.2) is 60.8 Å². The summed E-state index contributed by atoms with van der Waals surface area (Å²) in [5.74, 6) is -0.815. The summed E-state index contributed by atoms with van der Waals surface area (Å²) in [5, 5.41) is 0. The first-order chi connectivity index (χ1) is 43.3. The van der Waals surface area contributed by atoms with Gasteiger partial charge in [-0.15, -0.1) is 0 Å². The van der Waals surface area contributed by atoms with Gasteiger partial charge in [-0.1, -0.05) is 383 Å². The van der Waals surface area contributed by atoms with Crippen molar-refractivity contribution in [3.8, 4) is 0 Å². The Bertz CT molecular complexity index is 1630. The minimum absolute atomic E-state index is 0.0528. The smallest absolute Gasteiger partial charge is 0.462 e. The largest absolute Gasteiger partial charge is 0.472 e. The Morgan fingerprint density at radius 2 is 0.625 bits per heavy atom. The summed E-state index contributed by atoms with van der Waals surface area (Å²) in [6, 6.07) is 0. The van der Waals surface area contributed by atoms with Crippen molar-refractivity contribution in [1.29, 1.82) is 0 Å². The van der Waals surface area contributed by atoms with Crippen LogP contribution >= 0.6 is 7.82 Å². The highest BCUT2D eigenvalue weighted by Crippen LogP contribution is 2.43. The number of rotatable bonds is 73. The predicted molar refractivity (Wildman–Crippen MR) is 381 cm³/mol. The van der Waals surface area contributed by atoms with Crippen LogP contribution in [0.25, 0.3) is 0 Å². The molecule has 9 nitrogen and oxygen atoms in total. The minimum atomic E-state index is -4.40. The summed E-state index contributed by atoms with van der Waals surface area (Å²) in [6.45, 7) is 3.69. The van der Waals surface area contributed by atoms with E-state index in [4.69, 9.17) is 24.3 Å². The number of phosphoric ester groups is 1. The van der Waals surface area contributed by atoms with Gasteiger partial charge in [0.1, 0.15) is 6.61 Å². The molecule has 0 aromatic heterocycles. The second kappa shape index (κ2) is 73.8. The van der Waals surface area contributed by atoms with Crippen molar-refractivity contribution in [2.75, 3.05) is 26.4 Å². The molecule has 0 spiro atoms. The molecule has 10 heteroatoms. The highest BCUT2D eigenvalue weighted by Gasteiger charge is 2.26. The van der Waals surface area contributed by atoms with Gasteiger partial charge in [0.15, 0.2) is 6.10 Å². The first kappa shape index (κ1) is 85.7. The zero-order valence-corrected chi connectivity index (χ0v) is 59.1. The lowest BCUT2D eigenvalue weighted by molar-refractivity contribution is -0.161. The van der Waals surface area contributed by atoms with Crippen LogP contribution in [0.4, 0.5) is 0 Å². The van der Waals surface area contributed by atoms with Gasteiger partial charge in [-0.05, 0) is 57.8 Å². The zero-order valence-electron chi connectivity index (χ0n) is 58.2. The number of phosphoric acid groups is 1. The van der Waals surface area contributed by atoms with E-state index in [-0.39, 0.29) is 38.6 Å². The van der Waals surface area contributed by atoms with Gasteiger partial charge in [-0.3, -0.25) is 18.6 Å². The van der Waals surface area contributed by atoms with Gasteiger partial charge in [0.25, 0.3) is 0 Å². The maximum atomic E-state index is 12.8. The van der Waals surface area contributed by atoms with Crippen molar-refractivity contribution in [2.24, 2.45) is 5.73 Å². The van der Waals surface area contributed by atoms with Crippen molar-refractivity contribution >= 4 is 19.8 Å². The molecule has 0 saturated heterocycles. The normalized spacial score (nSPS) is 13.2. The average molecular weight is 1260 g/mol. The van der Waals surface area contributed by atoms with E-state index in [2.05, 4.69) is 74.6 Å². The third-order valence-corrected chi connectivity index (χ3v) is 18.2. The number of ether oxygens (including phenoxy) is 2. The van der Waals surface area contributed by atoms with Crippen LogP contribution in [0, 0.1) is 0 Å². The third-order valence-electron chi connectivity index (χ3n) is 17.2. The summed E-state index contributed by atoms with van der Waals surface area (Å²) in [7, 11) is -4.40. The van der Waals surface area contributed by atoms with Gasteiger partial charge in [0, 0.05) is 19.4 Å². The van der Waals surface area contributed by atoms with Crippen LogP contribution in [0.5, 0.6) is 0 Å². The number of unbranched alkanes of at least 4 members (excludes halogenated alkanes) is 50. The van der Waals surface area contributed by atoms with E-state index in [1.54, 1.807) is 0 Å². The van der Waals surface area contributed by atoms with Crippen molar-refractivity contribution < 1.29 is 37.6 Å². The molecule has 88 heavy (non-hydrogen) atoms. The standard InChI is InChI=1S/C78H146NO8P/c1-3-5-7-9-11-13-15-17-19-21-23-25-27-29-31-32-33-34-35-36-37-38-39-40-41-42-43-45-46-48-50-52-54-56-58-60-62-64-66-68-70-77(80)84-74-76(75-86-88(82,83)85-73-72-79)87-78(81)71-69-67-65-63-61-59-57-55-53-51-49-47-44-30-28-26-24-22-20-18-16-14-12-10-8-6-4-2/h6,8,12,14,18,20,24,26,30,44,76H,3-5,7,9-11,13,15-17,19,21-23,25,27-29,31-43,45-75,79H2,1-2H3,(H,82,83)/b8-6-,14-12-,20-18-,26-24-,44-30-. The maximum absolute atomic E-state index is 12.8. The molecule has 0 amide bonds. The summed E-state index contributed by atoms with van der Waals surface area (Å²) < 4.78 is 33.2. The van der Waals surface area contributed by atoms with E-state index >= 15 is 0 Å². The second-order valence-corrected chi connectivity index (χ2v) is 27.3. The molecule has 0 aliphatic heterocycles. The van der Waals surface area contributed by atoms with Crippen LogP contribution in [0.1, 0.15) is 393 Å². The lowest BCUT2D eigenvalue weighted by atomic mass is 10.0. The summed E-state index contributed by atoms with van der Waals surface area (Å²) >= 11 is 0. The molecule has 0 saturated carbocycles. The SMILES string of the molecule is CC/C=C\C/C=C\C/C=C\C/C=C\C/C=C\CCCCCCCCCCCCCC(=O)OC(COC(=O)CCCCCCCCCCCCCCCCCCCCCCCCCCCCCCCCCCCCCCCCCC)COP(=O)(O)OCCN. The fourth-order valence-electron chi connectivity index (χ4n) is 11.6. The second-order valence-electron chi connectivity index (χ2n) is 25.9. The number of esters is 2. The topological polar surface area (TPSA) is 134 Å². The number of hydrogen-bond donors (Lipinski definition) is 2. The molecule has 516 valence electrons. The van der Waals surface area contributed by atoms with Crippen molar-refractivity contribution in [3.63, 3.8) is 0 Å². The summed E-state index contributed by atoms with van der Waals surface area (Å²) in [6.07, 6.45) is 96.5. The third kappa shape index (κ3) is 72.8. The molecule has 0 bridgehead atoms. The first-order valence-corrected chi connectivity index (χ1v) is 39.8. The molecule has 2 unspecified atom stereocenters. The molecule has 0 heterocycles. The van der Waals surface area contributed by atoms with Crippen LogP contribution < -0.4 is 5.73 Å². The van der Waals surface area contributed by atoms with Crippen molar-refractivity contribution in [2.45, 2.75) is 399 Å². The number of carbonyl (C=O) groups excluding carboxylic acids is 2. The lowest BCUT2D eigenvalue weighted by Crippen LogP contribution is -2.29. The molecular weight excluding hydrogens is 1110 g/mol. The predicted octanol–water partition coefficient (Wildman–Crippen LogP) is 25.4. The van der Waals surface area contributed by atoms with E-state index in [1.165, 1.54) is 283 Å². The Kier molecular flexibility index (Phi) is 71.8. The molecule has 0 aromatic carbocycles. The van der Waals surface area contributed by atoms with Crippen molar-refractivity contribution in [1.82, 2.24) is 0 Å². The van der Waals surface area contributed by atoms with E-state index < -0.39 is 26.5 Å². The summed E-state index contributed by atoms with van der Waals surface area (Å²) in [4.78, 5) is 35.4. The minimum Gasteiger partial charge on any atom is -0.462 e. The van der Waals surface area contributed by atoms with Gasteiger partial charge < -0.3 is 20.1 Å². The number of nitrogens with two attached hydrogens (primary N) is 1. The van der Waals surface area contributed by atoms with Crippen LogP contribution in [0.3, 0.4) is 0 Å². The van der Waals surface area contributed by atoms with Gasteiger partial charge in [-0.2, -0.15) is 0 Å². The quantitative estimate of drug-likeness (QED) is 0.0264. The molecular formula is C78H146NO8P. The molecule has 0 aromatic rings. The molecule has 2 atom stereocenters. The van der Waals surface area contributed by atoms with E-state index in [1.807, 2.05) is 0 Å². The van der Waals surface area contributed by atoms with E-state index in [0.717, 1.165) is 77.0 Å². The lowest BCUT2D eigenvalue weighted by Gasteiger charge is -2.19. The van der Waals surface area contributed by atoms with Crippen LogP contribution in [-0.2, 0) is 32.7 Å². The van der Waals surface area contributed by atoms with Crippen molar-refractivity contribution in [3.05, 3.63) is 60.8 Å². The number of allylic oxidation sites excluding steroid dienone is 10. The molecule has 0 radical (unpaired) electrons. The van der Waals surface area contributed by atoms with Gasteiger partial charge in [-0.25, -0.2) is 4.57 Å². The summed E-state index contributed by atoms with van der Waals surface area (Å²) in [5.41, 5.74) is 5.41. The Morgan fingerprint density at radius 1 is 0.352 bits per heavy atom. The maximum Gasteiger partial charge on any atom is 0.472 e. The molecule has 3 N–H and O–H groups in total. The average Bonchev–Trinajstić information content (AvgIpc) is 3.62. The Morgan fingerprint density at radius 3 is 0.932 bits per heavy atom. The Balaban J connectivity index is 3.76. The Labute approximate surface area is 546 Å². The first-order valence-electron chi connectivity index (χ1n) is 38.3. The Hall–Kier alpha value is -2.29. The van der Waals surface area contributed by atoms with Crippen LogP contribution in [-0.4, -0.2) is 49.3 Å². The van der Waals surface area contributed by atoms with Gasteiger partial charge in [0.05, 0.1) is 13.2 Å².